The van der Waals surface area contributed by atoms with E-state index in [4.69, 9.17) is 4.74 Å². The third kappa shape index (κ3) is 3.96. The van der Waals surface area contributed by atoms with Crippen LogP contribution in [-0.4, -0.2) is 36.4 Å². The lowest BCUT2D eigenvalue weighted by Gasteiger charge is -2.37. The number of rotatable bonds is 10. The Morgan fingerprint density at radius 3 is 1.76 bits per heavy atom. The second kappa shape index (κ2) is 7.38. The summed E-state index contributed by atoms with van der Waals surface area (Å²) in [5.74, 6) is 0. The number of ether oxygens (including phenoxy) is 1. The van der Waals surface area contributed by atoms with Crippen LogP contribution in [0.2, 0.25) is 0 Å². The minimum atomic E-state index is 0.526. The maximum Gasteiger partial charge on any atom is 0.220 e. The van der Waals surface area contributed by atoms with Gasteiger partial charge in [-0.15, -0.1) is 0 Å². The smallest absolute Gasteiger partial charge is 0.220 e. The van der Waals surface area contributed by atoms with Gasteiger partial charge >= 0.3 is 0 Å². The van der Waals surface area contributed by atoms with E-state index >= 15 is 0 Å². The van der Waals surface area contributed by atoms with Crippen LogP contribution in [0, 0.1) is 0 Å². The summed E-state index contributed by atoms with van der Waals surface area (Å²) in [6.45, 7) is 13.1. The summed E-state index contributed by atoms with van der Waals surface area (Å²) in [4.78, 5) is 0. The van der Waals surface area contributed by atoms with Crippen molar-refractivity contribution >= 4 is 0 Å². The Morgan fingerprint density at radius 2 is 1.41 bits per heavy atom. The first-order chi connectivity index (χ1) is 8.24. The van der Waals surface area contributed by atoms with Gasteiger partial charge in [0, 0.05) is 0 Å². The Morgan fingerprint density at radius 1 is 0.824 bits per heavy atom. The summed E-state index contributed by atoms with van der Waals surface area (Å²) in [7, 11) is 0. The molecular formula is C15H32NO+. The van der Waals surface area contributed by atoms with Gasteiger partial charge in [0.05, 0.1) is 19.6 Å². The molecule has 0 radical (unpaired) electrons. The molecular weight excluding hydrogens is 210 g/mol. The molecule has 2 atom stereocenters. The number of hydrogen-bond donors (Lipinski definition) is 0. The summed E-state index contributed by atoms with van der Waals surface area (Å²) in [5.41, 5.74) is 0. The van der Waals surface area contributed by atoms with Gasteiger partial charge in [0.15, 0.2) is 0 Å². The molecule has 1 aliphatic rings. The first kappa shape index (κ1) is 15.0. The molecule has 1 heterocycles. The highest BCUT2D eigenvalue weighted by Gasteiger charge is 2.53. The molecule has 0 aromatic carbocycles. The highest BCUT2D eigenvalue weighted by Crippen LogP contribution is 2.36. The molecule has 2 nitrogen and oxygen atoms in total. The van der Waals surface area contributed by atoms with Crippen molar-refractivity contribution < 1.29 is 9.22 Å². The van der Waals surface area contributed by atoms with Gasteiger partial charge in [-0.1, -0.05) is 40.5 Å². The van der Waals surface area contributed by atoms with E-state index in [9.17, 15) is 0 Å². The molecule has 0 aliphatic carbocycles. The average Bonchev–Trinajstić information content (AvgIpc) is 3.13. The largest absolute Gasteiger partial charge is 0.314 e. The Balaban J connectivity index is 2.63. The van der Waals surface area contributed by atoms with Crippen LogP contribution in [0.5, 0.6) is 0 Å². The summed E-state index contributed by atoms with van der Waals surface area (Å²) >= 11 is 0. The normalized spacial score (nSPS) is 24.0. The van der Waals surface area contributed by atoms with Crippen molar-refractivity contribution in [2.75, 3.05) is 19.6 Å². The van der Waals surface area contributed by atoms with Gasteiger partial charge < -0.3 is 4.74 Å². The average molecular weight is 242 g/mol. The van der Waals surface area contributed by atoms with Gasteiger partial charge in [0.25, 0.3) is 0 Å². The lowest BCUT2D eigenvalue weighted by Crippen LogP contribution is -2.53. The molecule has 1 fully saturated rings. The third-order valence-corrected chi connectivity index (χ3v) is 4.08. The van der Waals surface area contributed by atoms with E-state index in [1.807, 2.05) is 0 Å². The molecule has 0 aromatic rings. The van der Waals surface area contributed by atoms with E-state index in [0.717, 1.165) is 0 Å². The highest BCUT2D eigenvalue weighted by atomic mass is 16.6. The number of unbranched alkanes of at least 4 members (excludes halogenated alkanes) is 2. The molecule has 2 heteroatoms. The molecule has 1 saturated heterocycles. The third-order valence-electron chi connectivity index (χ3n) is 4.08. The fourth-order valence-electron chi connectivity index (χ4n) is 3.02. The van der Waals surface area contributed by atoms with Gasteiger partial charge in [-0.25, -0.2) is 0 Å². The van der Waals surface area contributed by atoms with E-state index < -0.39 is 0 Å². The van der Waals surface area contributed by atoms with Gasteiger partial charge in [0.1, 0.15) is 6.10 Å². The maximum atomic E-state index is 5.95. The topological polar surface area (TPSA) is 12.5 Å². The van der Waals surface area contributed by atoms with E-state index in [2.05, 4.69) is 27.7 Å². The zero-order chi connectivity index (χ0) is 12.7. The summed E-state index contributed by atoms with van der Waals surface area (Å²) < 4.78 is 7.20. The quantitative estimate of drug-likeness (QED) is 0.417. The van der Waals surface area contributed by atoms with Crippen molar-refractivity contribution in [1.29, 1.82) is 0 Å². The van der Waals surface area contributed by atoms with Crippen LogP contribution in [-0.2, 0) is 4.74 Å². The van der Waals surface area contributed by atoms with Crippen molar-refractivity contribution in [1.82, 2.24) is 0 Å². The molecule has 0 N–H and O–H groups in total. The molecule has 1 aliphatic heterocycles. The molecule has 2 unspecified atom stereocenters. The number of nitrogens with zero attached hydrogens (tertiary/aromatic N) is 1. The predicted octanol–water partition coefficient (Wildman–Crippen LogP) is 3.95. The molecule has 1 rings (SSSR count). The molecule has 0 aromatic heterocycles. The second-order valence-electron chi connectivity index (χ2n) is 5.57. The van der Waals surface area contributed by atoms with Crippen LogP contribution in [0.25, 0.3) is 0 Å². The molecule has 102 valence electrons. The maximum absolute atomic E-state index is 5.95. The van der Waals surface area contributed by atoms with E-state index in [0.29, 0.717) is 12.3 Å². The van der Waals surface area contributed by atoms with E-state index in [1.165, 1.54) is 62.6 Å². The molecule has 0 amide bonds. The fourth-order valence-corrected chi connectivity index (χ4v) is 3.02. The number of epoxide rings is 1. The monoisotopic (exact) mass is 242 g/mol. The van der Waals surface area contributed by atoms with Crippen LogP contribution in [0.1, 0.15) is 66.2 Å². The van der Waals surface area contributed by atoms with Gasteiger partial charge in [0.2, 0.25) is 6.23 Å². The molecule has 0 spiro atoms. The van der Waals surface area contributed by atoms with E-state index in [-0.39, 0.29) is 0 Å². The Bertz CT molecular complexity index is 197. The first-order valence-electron chi connectivity index (χ1n) is 7.75. The van der Waals surface area contributed by atoms with Crippen LogP contribution in [0.4, 0.5) is 0 Å². The lowest BCUT2D eigenvalue weighted by atomic mass is 10.1. The zero-order valence-electron chi connectivity index (χ0n) is 12.4. The van der Waals surface area contributed by atoms with Crippen molar-refractivity contribution in [3.63, 3.8) is 0 Å². The standard InChI is InChI=1S/C15H32NO/c1-5-9-12-16(11-7-3,13-10-6-2)15-14(8-4)17-15/h14-15H,5-13H2,1-4H3/q+1. The van der Waals surface area contributed by atoms with Gasteiger partial charge in [-0.05, 0) is 25.7 Å². The summed E-state index contributed by atoms with van der Waals surface area (Å²) in [5, 5.41) is 0. The van der Waals surface area contributed by atoms with Crippen LogP contribution in [0.3, 0.4) is 0 Å². The molecule has 17 heavy (non-hydrogen) atoms. The highest BCUT2D eigenvalue weighted by molar-refractivity contribution is 4.77. The molecule has 0 bridgehead atoms. The van der Waals surface area contributed by atoms with E-state index in [1.54, 1.807) is 0 Å². The van der Waals surface area contributed by atoms with Crippen molar-refractivity contribution in [3.05, 3.63) is 0 Å². The van der Waals surface area contributed by atoms with Crippen molar-refractivity contribution in [2.45, 2.75) is 78.6 Å². The van der Waals surface area contributed by atoms with Crippen LogP contribution in [0.15, 0.2) is 0 Å². The summed E-state index contributed by atoms with van der Waals surface area (Å²) in [6.07, 6.45) is 8.85. The van der Waals surface area contributed by atoms with Gasteiger partial charge in [-0.3, -0.25) is 4.48 Å². The van der Waals surface area contributed by atoms with Crippen molar-refractivity contribution in [2.24, 2.45) is 0 Å². The van der Waals surface area contributed by atoms with Crippen molar-refractivity contribution in [3.8, 4) is 0 Å². The minimum Gasteiger partial charge on any atom is -0.314 e. The SMILES string of the molecule is CCCC[N+](CCC)(CCCC)C1OC1CC. The van der Waals surface area contributed by atoms with Gasteiger partial charge in [-0.2, -0.15) is 0 Å². The number of hydrogen-bond acceptors (Lipinski definition) is 1. The Labute approximate surface area is 108 Å². The van der Waals surface area contributed by atoms with Crippen LogP contribution >= 0.6 is 0 Å². The Hall–Kier alpha value is -0.0800. The fraction of sp³-hybridized carbons (Fsp3) is 1.00. The summed E-state index contributed by atoms with van der Waals surface area (Å²) in [6, 6.07) is 0. The first-order valence-corrected chi connectivity index (χ1v) is 7.75. The predicted molar refractivity (Wildman–Crippen MR) is 73.9 cm³/mol. The second-order valence-corrected chi connectivity index (χ2v) is 5.57. The lowest BCUT2D eigenvalue weighted by molar-refractivity contribution is -0.948. The minimum absolute atomic E-state index is 0.526. The Kier molecular flexibility index (Phi) is 6.50. The zero-order valence-corrected chi connectivity index (χ0v) is 12.4. The van der Waals surface area contributed by atoms with Crippen LogP contribution < -0.4 is 0 Å². The number of quaternary nitrogens is 1. The molecule has 0 saturated carbocycles.